The highest BCUT2D eigenvalue weighted by Gasteiger charge is 2.19. The molecule has 2 heterocycles. The van der Waals surface area contributed by atoms with E-state index in [9.17, 15) is 0 Å². The van der Waals surface area contributed by atoms with Crippen LogP contribution in [-0.4, -0.2) is 14.8 Å². The lowest BCUT2D eigenvalue weighted by Gasteiger charge is -2.05. The Kier molecular flexibility index (Phi) is 6.53. The molecule has 0 radical (unpaired) electrons. The van der Waals surface area contributed by atoms with Gasteiger partial charge in [0.1, 0.15) is 5.82 Å². The van der Waals surface area contributed by atoms with Crippen molar-refractivity contribution in [2.45, 2.75) is 10.1 Å². The first-order chi connectivity index (χ1) is 14.7. The SMILES string of the molecule is Cl.Nc1c(-c2ccccc2)c(CSc2nc3ccccc3s2)nn1-c1ccc(Cl)cc1. The first-order valence-electron chi connectivity index (χ1n) is 9.36. The first kappa shape index (κ1) is 21.7. The summed E-state index contributed by atoms with van der Waals surface area (Å²) in [6.45, 7) is 0. The molecule has 0 spiro atoms. The van der Waals surface area contributed by atoms with Gasteiger partial charge in [-0.3, -0.25) is 0 Å². The molecule has 5 aromatic rings. The van der Waals surface area contributed by atoms with E-state index >= 15 is 0 Å². The number of thiazole rings is 1. The van der Waals surface area contributed by atoms with E-state index in [0.29, 0.717) is 16.6 Å². The van der Waals surface area contributed by atoms with Gasteiger partial charge in [-0.25, -0.2) is 9.67 Å². The minimum Gasteiger partial charge on any atom is -0.383 e. The fourth-order valence-electron chi connectivity index (χ4n) is 3.32. The van der Waals surface area contributed by atoms with Gasteiger partial charge in [0.15, 0.2) is 4.34 Å². The van der Waals surface area contributed by atoms with E-state index in [0.717, 1.165) is 32.4 Å². The molecule has 0 amide bonds. The van der Waals surface area contributed by atoms with Gasteiger partial charge in [-0.15, -0.1) is 23.7 Å². The molecule has 3 aromatic carbocycles. The topological polar surface area (TPSA) is 56.7 Å². The van der Waals surface area contributed by atoms with Gasteiger partial charge < -0.3 is 5.73 Å². The van der Waals surface area contributed by atoms with E-state index in [4.69, 9.17) is 27.4 Å². The molecule has 0 aliphatic heterocycles. The quantitative estimate of drug-likeness (QED) is 0.270. The number of halogens is 2. The number of rotatable bonds is 5. The second-order valence-electron chi connectivity index (χ2n) is 6.70. The summed E-state index contributed by atoms with van der Waals surface area (Å²) in [5.41, 5.74) is 11.4. The van der Waals surface area contributed by atoms with Crippen LogP contribution in [0.3, 0.4) is 0 Å². The summed E-state index contributed by atoms with van der Waals surface area (Å²) in [5, 5.41) is 5.54. The van der Waals surface area contributed by atoms with Gasteiger partial charge in [-0.05, 0) is 42.0 Å². The number of fused-ring (bicyclic) bond motifs is 1. The van der Waals surface area contributed by atoms with Crippen molar-refractivity contribution in [3.8, 4) is 16.8 Å². The number of benzene rings is 3. The molecule has 8 heteroatoms. The van der Waals surface area contributed by atoms with E-state index < -0.39 is 0 Å². The maximum Gasteiger partial charge on any atom is 0.151 e. The van der Waals surface area contributed by atoms with Gasteiger partial charge in [0, 0.05) is 16.3 Å². The van der Waals surface area contributed by atoms with Crippen molar-refractivity contribution >= 4 is 63.1 Å². The monoisotopic (exact) mass is 484 g/mol. The van der Waals surface area contributed by atoms with E-state index in [-0.39, 0.29) is 12.4 Å². The van der Waals surface area contributed by atoms with Gasteiger partial charge in [0.25, 0.3) is 0 Å². The van der Waals surface area contributed by atoms with Crippen molar-refractivity contribution in [1.82, 2.24) is 14.8 Å². The van der Waals surface area contributed by atoms with Crippen LogP contribution in [-0.2, 0) is 5.75 Å². The standard InChI is InChI=1S/C23H17ClN4S2.ClH/c24-16-10-12-17(13-11-16)28-22(25)21(15-6-2-1-3-7-15)19(27-28)14-29-23-26-18-8-4-5-9-20(18)30-23;/h1-13H,14,25H2;1H. The van der Waals surface area contributed by atoms with Crippen molar-refractivity contribution < 1.29 is 0 Å². The van der Waals surface area contributed by atoms with Crippen molar-refractivity contribution in [1.29, 1.82) is 0 Å². The zero-order valence-electron chi connectivity index (χ0n) is 16.2. The third kappa shape index (κ3) is 4.43. The molecule has 0 aliphatic rings. The molecule has 4 nitrogen and oxygen atoms in total. The molecular formula is C23H18Cl2N4S2. The summed E-state index contributed by atoms with van der Waals surface area (Å²) in [6.07, 6.45) is 0. The van der Waals surface area contributed by atoms with Gasteiger partial charge in [-0.2, -0.15) is 5.10 Å². The number of nitrogen functional groups attached to an aromatic ring is 1. The summed E-state index contributed by atoms with van der Waals surface area (Å²) in [7, 11) is 0. The van der Waals surface area contributed by atoms with Gasteiger partial charge in [0.2, 0.25) is 0 Å². The molecule has 0 fully saturated rings. The Balaban J connectivity index is 0.00000231. The van der Waals surface area contributed by atoms with Crippen molar-refractivity contribution in [2.24, 2.45) is 0 Å². The van der Waals surface area contributed by atoms with Gasteiger partial charge in [0.05, 0.1) is 21.6 Å². The third-order valence-electron chi connectivity index (χ3n) is 4.73. The number of hydrogen-bond acceptors (Lipinski definition) is 5. The van der Waals surface area contributed by atoms with Crippen LogP contribution in [0.25, 0.3) is 27.0 Å². The van der Waals surface area contributed by atoms with Crippen LogP contribution in [0.5, 0.6) is 0 Å². The zero-order valence-corrected chi connectivity index (χ0v) is 19.4. The van der Waals surface area contributed by atoms with Crippen LogP contribution >= 0.6 is 47.1 Å². The number of nitrogens with zero attached hydrogens (tertiary/aromatic N) is 3. The Labute approximate surface area is 199 Å². The highest BCUT2D eigenvalue weighted by molar-refractivity contribution is 8.00. The molecule has 2 aromatic heterocycles. The minimum absolute atomic E-state index is 0. The Morgan fingerprint density at radius 1 is 0.935 bits per heavy atom. The van der Waals surface area contributed by atoms with E-state index in [1.807, 2.05) is 60.7 Å². The largest absolute Gasteiger partial charge is 0.383 e. The lowest BCUT2D eigenvalue weighted by Crippen LogP contribution is -2.02. The summed E-state index contributed by atoms with van der Waals surface area (Å²) in [6, 6.07) is 25.9. The Hall–Kier alpha value is -2.51. The number of aromatic nitrogens is 3. The molecule has 0 saturated heterocycles. The predicted octanol–water partition coefficient (Wildman–Crippen LogP) is 7.10. The third-order valence-corrected chi connectivity index (χ3v) is 7.18. The van der Waals surface area contributed by atoms with Crippen molar-refractivity contribution in [3.63, 3.8) is 0 Å². The highest BCUT2D eigenvalue weighted by atomic mass is 35.5. The zero-order chi connectivity index (χ0) is 20.5. The van der Waals surface area contributed by atoms with E-state index in [1.165, 1.54) is 4.70 Å². The summed E-state index contributed by atoms with van der Waals surface area (Å²) >= 11 is 9.43. The second kappa shape index (κ2) is 9.32. The molecule has 0 atom stereocenters. The maximum atomic E-state index is 6.58. The molecule has 2 N–H and O–H groups in total. The van der Waals surface area contributed by atoms with Crippen LogP contribution in [0.4, 0.5) is 5.82 Å². The van der Waals surface area contributed by atoms with Crippen molar-refractivity contribution in [2.75, 3.05) is 5.73 Å². The number of anilines is 1. The Bertz CT molecular complexity index is 1280. The van der Waals surface area contributed by atoms with Crippen LogP contribution in [0.2, 0.25) is 5.02 Å². The fourth-order valence-corrected chi connectivity index (χ4v) is 5.45. The maximum absolute atomic E-state index is 6.58. The van der Waals surface area contributed by atoms with Crippen LogP contribution in [0.15, 0.2) is 83.2 Å². The Morgan fingerprint density at radius 3 is 2.39 bits per heavy atom. The molecule has 0 aliphatic carbocycles. The van der Waals surface area contributed by atoms with Crippen LogP contribution in [0.1, 0.15) is 5.69 Å². The molecular weight excluding hydrogens is 467 g/mol. The Morgan fingerprint density at radius 2 is 1.65 bits per heavy atom. The van der Waals surface area contributed by atoms with Crippen LogP contribution in [0, 0.1) is 0 Å². The minimum atomic E-state index is 0. The lowest BCUT2D eigenvalue weighted by atomic mass is 10.1. The predicted molar refractivity (Wildman–Crippen MR) is 135 cm³/mol. The molecule has 31 heavy (non-hydrogen) atoms. The highest BCUT2D eigenvalue weighted by Crippen LogP contribution is 2.37. The number of para-hydroxylation sites is 1. The smallest absolute Gasteiger partial charge is 0.151 e. The fraction of sp³-hybridized carbons (Fsp3) is 0.0435. The number of thioether (sulfide) groups is 1. The second-order valence-corrected chi connectivity index (χ2v) is 9.39. The average molecular weight is 485 g/mol. The number of nitrogens with two attached hydrogens (primary N) is 1. The first-order valence-corrected chi connectivity index (χ1v) is 11.5. The summed E-state index contributed by atoms with van der Waals surface area (Å²) in [4.78, 5) is 4.73. The van der Waals surface area contributed by atoms with Gasteiger partial charge >= 0.3 is 0 Å². The van der Waals surface area contributed by atoms with Crippen molar-refractivity contribution in [3.05, 3.63) is 89.6 Å². The average Bonchev–Trinajstić information content (AvgIpc) is 3.34. The lowest BCUT2D eigenvalue weighted by molar-refractivity contribution is 0.869. The van der Waals surface area contributed by atoms with Crippen LogP contribution < -0.4 is 5.73 Å². The molecule has 156 valence electrons. The molecule has 0 bridgehead atoms. The summed E-state index contributed by atoms with van der Waals surface area (Å²) < 4.78 is 4.00. The molecule has 0 saturated carbocycles. The normalized spacial score (nSPS) is 10.9. The summed E-state index contributed by atoms with van der Waals surface area (Å²) in [5.74, 6) is 1.29. The van der Waals surface area contributed by atoms with Gasteiger partial charge in [-0.1, -0.05) is 65.8 Å². The number of hydrogen-bond donors (Lipinski definition) is 1. The van der Waals surface area contributed by atoms with E-state index in [1.54, 1.807) is 27.8 Å². The molecule has 5 rings (SSSR count). The molecule has 0 unspecified atom stereocenters. The van der Waals surface area contributed by atoms with E-state index in [2.05, 4.69) is 18.2 Å².